The van der Waals surface area contributed by atoms with Gasteiger partial charge in [-0.1, -0.05) is 12.1 Å². The number of fused-ring (bicyclic) bond motifs is 4. The summed E-state index contributed by atoms with van der Waals surface area (Å²) in [5, 5.41) is 0. The minimum absolute atomic E-state index is 0.0743. The molecule has 0 amide bonds. The SMILES string of the molecule is COc1ccc([C@@H]2CC(=O)Oc3ccc4c(c32)O/C(=C\c2ccc3c(c2)OCCO3)C4=O)c(OC)c1. The molecule has 8 heteroatoms. The molecule has 3 aromatic carbocycles. The molecule has 0 bridgehead atoms. The molecule has 1 atom stereocenters. The second-order valence-corrected chi connectivity index (χ2v) is 8.54. The molecule has 3 aliphatic rings. The van der Waals surface area contributed by atoms with Crippen LogP contribution in [0.1, 0.15) is 39.4 Å². The van der Waals surface area contributed by atoms with E-state index in [1.165, 1.54) is 0 Å². The number of ketones is 1. The Morgan fingerprint density at radius 1 is 0.861 bits per heavy atom. The van der Waals surface area contributed by atoms with Crippen molar-refractivity contribution in [2.45, 2.75) is 12.3 Å². The average molecular weight is 486 g/mol. The van der Waals surface area contributed by atoms with Crippen LogP contribution in [0.3, 0.4) is 0 Å². The van der Waals surface area contributed by atoms with Gasteiger partial charge in [0.05, 0.1) is 26.2 Å². The summed E-state index contributed by atoms with van der Waals surface area (Å²) in [5.41, 5.74) is 2.55. The molecule has 3 aliphatic heterocycles. The first-order chi connectivity index (χ1) is 17.6. The number of allylic oxidation sites excluding steroid dienone is 1. The minimum atomic E-state index is -0.432. The van der Waals surface area contributed by atoms with E-state index < -0.39 is 5.92 Å². The van der Waals surface area contributed by atoms with Crippen LogP contribution in [0.15, 0.2) is 54.3 Å². The third-order valence-corrected chi connectivity index (χ3v) is 6.46. The molecule has 0 fully saturated rings. The molecule has 6 rings (SSSR count). The topological polar surface area (TPSA) is 89.5 Å². The van der Waals surface area contributed by atoms with Gasteiger partial charge in [-0.2, -0.15) is 0 Å². The van der Waals surface area contributed by atoms with Crippen molar-refractivity contribution in [1.82, 2.24) is 0 Å². The van der Waals surface area contributed by atoms with Gasteiger partial charge < -0.3 is 28.4 Å². The lowest BCUT2D eigenvalue weighted by Gasteiger charge is -2.27. The first-order valence-electron chi connectivity index (χ1n) is 11.5. The molecule has 0 aliphatic carbocycles. The van der Waals surface area contributed by atoms with E-state index in [-0.39, 0.29) is 23.9 Å². The number of ether oxygens (including phenoxy) is 6. The molecule has 0 saturated carbocycles. The molecular weight excluding hydrogens is 464 g/mol. The van der Waals surface area contributed by atoms with Gasteiger partial charge in [0, 0.05) is 23.1 Å². The van der Waals surface area contributed by atoms with E-state index in [1.807, 2.05) is 18.2 Å². The molecule has 0 unspecified atom stereocenters. The van der Waals surface area contributed by atoms with Crippen LogP contribution in [0, 0.1) is 0 Å². The van der Waals surface area contributed by atoms with Crippen molar-refractivity contribution in [3.8, 4) is 34.5 Å². The average Bonchev–Trinajstić information content (AvgIpc) is 3.22. The molecule has 0 aromatic heterocycles. The van der Waals surface area contributed by atoms with Gasteiger partial charge in [0.1, 0.15) is 36.2 Å². The van der Waals surface area contributed by atoms with Crippen LogP contribution in [-0.4, -0.2) is 39.2 Å². The number of carbonyl (C=O) groups is 2. The van der Waals surface area contributed by atoms with Gasteiger partial charge in [-0.3, -0.25) is 9.59 Å². The van der Waals surface area contributed by atoms with Crippen molar-refractivity contribution >= 4 is 17.8 Å². The molecule has 3 heterocycles. The monoisotopic (exact) mass is 486 g/mol. The van der Waals surface area contributed by atoms with E-state index in [0.717, 1.165) is 11.1 Å². The van der Waals surface area contributed by atoms with E-state index >= 15 is 0 Å². The van der Waals surface area contributed by atoms with Gasteiger partial charge in [0.15, 0.2) is 17.3 Å². The number of Topliss-reactive ketones (excluding diaryl/α,β-unsaturated/α-hetero) is 1. The minimum Gasteiger partial charge on any atom is -0.497 e. The zero-order chi connectivity index (χ0) is 24.8. The van der Waals surface area contributed by atoms with Crippen LogP contribution < -0.4 is 28.4 Å². The van der Waals surface area contributed by atoms with Crippen molar-refractivity contribution in [3.05, 3.63) is 76.5 Å². The van der Waals surface area contributed by atoms with Gasteiger partial charge in [-0.25, -0.2) is 0 Å². The van der Waals surface area contributed by atoms with Crippen LogP contribution in [0.2, 0.25) is 0 Å². The molecule has 182 valence electrons. The Kier molecular flexibility index (Phi) is 5.29. The van der Waals surface area contributed by atoms with Crippen molar-refractivity contribution in [3.63, 3.8) is 0 Å². The Morgan fingerprint density at radius 2 is 1.67 bits per heavy atom. The van der Waals surface area contributed by atoms with E-state index in [2.05, 4.69) is 0 Å². The van der Waals surface area contributed by atoms with E-state index in [0.29, 0.717) is 58.8 Å². The maximum Gasteiger partial charge on any atom is 0.312 e. The number of benzene rings is 3. The molecule has 0 N–H and O–H groups in total. The van der Waals surface area contributed by atoms with Crippen molar-refractivity contribution in [1.29, 1.82) is 0 Å². The van der Waals surface area contributed by atoms with Gasteiger partial charge >= 0.3 is 5.97 Å². The van der Waals surface area contributed by atoms with Crippen molar-refractivity contribution in [2.24, 2.45) is 0 Å². The summed E-state index contributed by atoms with van der Waals surface area (Å²) in [6.07, 6.45) is 1.75. The predicted octanol–water partition coefficient (Wildman–Crippen LogP) is 4.53. The fourth-order valence-electron chi connectivity index (χ4n) is 4.78. The van der Waals surface area contributed by atoms with Gasteiger partial charge in [0.25, 0.3) is 0 Å². The lowest BCUT2D eigenvalue weighted by Crippen LogP contribution is -2.22. The van der Waals surface area contributed by atoms with Crippen LogP contribution in [0.25, 0.3) is 6.08 Å². The number of hydrogen-bond acceptors (Lipinski definition) is 8. The van der Waals surface area contributed by atoms with E-state index in [4.69, 9.17) is 28.4 Å². The highest BCUT2D eigenvalue weighted by Crippen LogP contribution is 2.50. The Bertz CT molecular complexity index is 1440. The summed E-state index contributed by atoms with van der Waals surface area (Å²) in [6, 6.07) is 14.1. The summed E-state index contributed by atoms with van der Waals surface area (Å²) in [6.45, 7) is 0.967. The fourth-order valence-corrected chi connectivity index (χ4v) is 4.78. The maximum absolute atomic E-state index is 13.3. The molecule has 0 spiro atoms. The first kappa shape index (κ1) is 22.0. The quantitative estimate of drug-likeness (QED) is 0.302. The largest absolute Gasteiger partial charge is 0.497 e. The van der Waals surface area contributed by atoms with Crippen molar-refractivity contribution in [2.75, 3.05) is 27.4 Å². The lowest BCUT2D eigenvalue weighted by atomic mass is 9.84. The van der Waals surface area contributed by atoms with Crippen LogP contribution in [0.5, 0.6) is 34.5 Å². The molecule has 0 radical (unpaired) electrons. The molecule has 36 heavy (non-hydrogen) atoms. The summed E-state index contributed by atoms with van der Waals surface area (Å²) in [7, 11) is 3.13. The highest BCUT2D eigenvalue weighted by molar-refractivity contribution is 6.15. The fraction of sp³-hybridized carbons (Fsp3) is 0.214. The van der Waals surface area contributed by atoms with Gasteiger partial charge in [-0.05, 0) is 42.0 Å². The smallest absolute Gasteiger partial charge is 0.312 e. The molecule has 0 saturated heterocycles. The number of hydrogen-bond donors (Lipinski definition) is 0. The molecule has 3 aromatic rings. The lowest BCUT2D eigenvalue weighted by molar-refractivity contribution is -0.135. The summed E-state index contributed by atoms with van der Waals surface area (Å²) < 4.78 is 33.8. The second kappa shape index (κ2) is 8.64. The summed E-state index contributed by atoms with van der Waals surface area (Å²) in [4.78, 5) is 25.8. The van der Waals surface area contributed by atoms with Crippen LogP contribution in [-0.2, 0) is 4.79 Å². The zero-order valence-corrected chi connectivity index (χ0v) is 19.7. The highest BCUT2D eigenvalue weighted by atomic mass is 16.6. The maximum atomic E-state index is 13.3. The Hall–Kier alpha value is -4.46. The third kappa shape index (κ3) is 3.62. The highest BCUT2D eigenvalue weighted by Gasteiger charge is 2.39. The van der Waals surface area contributed by atoms with Gasteiger partial charge in [0.2, 0.25) is 5.78 Å². The Labute approximate surface area is 206 Å². The second-order valence-electron chi connectivity index (χ2n) is 8.54. The number of methoxy groups -OCH3 is 2. The normalized spacial score (nSPS) is 18.7. The standard InChI is InChI=1S/C28H22O8/c1-31-16-4-5-17(22(13-16)32-2)19-14-25(29)35-21-8-6-18-27(30)24(36-28(18)26(19)21)12-15-3-7-20-23(11-15)34-10-9-33-20/h3-8,11-13,19H,9-10,14H2,1-2H3/b24-12-/t19-/m0/s1. The number of rotatable bonds is 4. The zero-order valence-electron chi connectivity index (χ0n) is 19.7. The molecular formula is C28H22O8. The number of esters is 1. The Morgan fingerprint density at radius 3 is 2.47 bits per heavy atom. The van der Waals surface area contributed by atoms with E-state index in [1.54, 1.807) is 50.6 Å². The van der Waals surface area contributed by atoms with E-state index in [9.17, 15) is 9.59 Å². The third-order valence-electron chi connectivity index (χ3n) is 6.46. The van der Waals surface area contributed by atoms with Crippen LogP contribution >= 0.6 is 0 Å². The van der Waals surface area contributed by atoms with Crippen LogP contribution in [0.4, 0.5) is 0 Å². The predicted molar refractivity (Wildman–Crippen MR) is 128 cm³/mol. The summed E-state index contributed by atoms with van der Waals surface area (Å²) in [5.74, 6) is 2.34. The van der Waals surface area contributed by atoms with Gasteiger partial charge in [-0.15, -0.1) is 0 Å². The molecule has 8 nitrogen and oxygen atoms in total. The van der Waals surface area contributed by atoms with Crippen molar-refractivity contribution < 1.29 is 38.0 Å². The Balaban J connectivity index is 1.42. The number of carbonyl (C=O) groups excluding carboxylic acids is 2. The summed E-state index contributed by atoms with van der Waals surface area (Å²) >= 11 is 0. The first-order valence-corrected chi connectivity index (χ1v) is 11.5.